The zero-order valence-corrected chi connectivity index (χ0v) is 6.42. The highest BCUT2D eigenvalue weighted by Crippen LogP contribution is 2.15. The van der Waals surface area contributed by atoms with Gasteiger partial charge in [0.25, 0.3) is 0 Å². The summed E-state index contributed by atoms with van der Waals surface area (Å²) in [5, 5.41) is 0. The van der Waals surface area contributed by atoms with Gasteiger partial charge in [0.1, 0.15) is 11.5 Å². The number of hydrogen-bond acceptors (Lipinski definition) is 2. The van der Waals surface area contributed by atoms with Crippen molar-refractivity contribution in [2.75, 3.05) is 0 Å². The normalized spacial score (nSPS) is 13.5. The second kappa shape index (κ2) is 2.88. The number of aryl methyl sites for hydroxylation is 1. The van der Waals surface area contributed by atoms with Crippen LogP contribution in [0.2, 0.25) is 0 Å². The molecule has 0 bridgehead atoms. The van der Waals surface area contributed by atoms with Crippen LogP contribution in [-0.2, 0) is 0 Å². The lowest BCUT2D eigenvalue weighted by Crippen LogP contribution is -2.06. The molecule has 1 atom stereocenters. The summed E-state index contributed by atoms with van der Waals surface area (Å²) in [6, 6.07) is 3.93. The molecule has 0 aliphatic rings. The van der Waals surface area contributed by atoms with Gasteiger partial charge in [-0.1, -0.05) is 6.92 Å². The molecule has 2 heteroatoms. The van der Waals surface area contributed by atoms with Crippen LogP contribution in [0, 0.1) is 6.92 Å². The van der Waals surface area contributed by atoms with E-state index in [4.69, 9.17) is 10.2 Å². The van der Waals surface area contributed by atoms with Crippen molar-refractivity contribution in [3.8, 4) is 0 Å². The number of rotatable bonds is 2. The summed E-state index contributed by atoms with van der Waals surface area (Å²) in [6.07, 6.45) is 0.924. The van der Waals surface area contributed by atoms with Crippen LogP contribution in [0.5, 0.6) is 0 Å². The zero-order chi connectivity index (χ0) is 7.56. The molecule has 0 saturated heterocycles. The first kappa shape index (κ1) is 7.35. The second-order valence-electron chi connectivity index (χ2n) is 2.46. The topological polar surface area (TPSA) is 39.2 Å². The van der Waals surface area contributed by atoms with Crippen LogP contribution in [-0.4, -0.2) is 0 Å². The van der Waals surface area contributed by atoms with Gasteiger partial charge in [-0.25, -0.2) is 0 Å². The maximum absolute atomic E-state index is 5.71. The molecule has 10 heavy (non-hydrogen) atoms. The molecular formula is C8H13NO. The number of hydrogen-bond donors (Lipinski definition) is 1. The van der Waals surface area contributed by atoms with Gasteiger partial charge < -0.3 is 10.2 Å². The molecule has 2 nitrogen and oxygen atoms in total. The van der Waals surface area contributed by atoms with Gasteiger partial charge in [-0.15, -0.1) is 0 Å². The fraction of sp³-hybridized carbons (Fsp3) is 0.500. The van der Waals surface area contributed by atoms with Gasteiger partial charge in [0, 0.05) is 0 Å². The van der Waals surface area contributed by atoms with Crippen LogP contribution in [0.3, 0.4) is 0 Å². The van der Waals surface area contributed by atoms with Crippen LogP contribution in [0.15, 0.2) is 16.5 Å². The molecule has 0 spiro atoms. The Hall–Kier alpha value is -0.760. The summed E-state index contributed by atoms with van der Waals surface area (Å²) < 4.78 is 5.31. The molecule has 0 saturated carbocycles. The summed E-state index contributed by atoms with van der Waals surface area (Å²) in [4.78, 5) is 0. The summed E-state index contributed by atoms with van der Waals surface area (Å²) >= 11 is 0. The third-order valence-electron chi connectivity index (χ3n) is 1.57. The van der Waals surface area contributed by atoms with E-state index in [0.717, 1.165) is 17.9 Å². The summed E-state index contributed by atoms with van der Waals surface area (Å²) in [6.45, 7) is 3.97. The first-order valence-electron chi connectivity index (χ1n) is 3.56. The summed E-state index contributed by atoms with van der Waals surface area (Å²) in [5.74, 6) is 1.82. The molecule has 0 aliphatic heterocycles. The molecule has 2 N–H and O–H groups in total. The van der Waals surface area contributed by atoms with Crippen LogP contribution in [0.4, 0.5) is 0 Å². The molecule has 0 radical (unpaired) electrons. The Balaban J connectivity index is 2.74. The van der Waals surface area contributed by atoms with E-state index in [0.29, 0.717) is 0 Å². The van der Waals surface area contributed by atoms with Crippen molar-refractivity contribution >= 4 is 0 Å². The highest BCUT2D eigenvalue weighted by Gasteiger charge is 2.05. The van der Waals surface area contributed by atoms with E-state index in [1.54, 1.807) is 0 Å². The Morgan fingerprint density at radius 3 is 2.70 bits per heavy atom. The fourth-order valence-electron chi connectivity index (χ4n) is 0.854. The van der Waals surface area contributed by atoms with Gasteiger partial charge in [0.2, 0.25) is 0 Å². The molecule has 1 rings (SSSR count). The fourth-order valence-corrected chi connectivity index (χ4v) is 0.854. The van der Waals surface area contributed by atoms with Gasteiger partial charge in [0.15, 0.2) is 0 Å². The average molecular weight is 139 g/mol. The lowest BCUT2D eigenvalue weighted by atomic mass is 10.2. The van der Waals surface area contributed by atoms with Crippen molar-refractivity contribution in [2.45, 2.75) is 26.3 Å². The Labute approximate surface area is 61.0 Å². The van der Waals surface area contributed by atoms with E-state index in [2.05, 4.69) is 0 Å². The zero-order valence-electron chi connectivity index (χ0n) is 6.42. The first-order valence-corrected chi connectivity index (χ1v) is 3.56. The number of furan rings is 1. The first-order chi connectivity index (χ1) is 4.74. The Kier molecular flexibility index (Phi) is 2.12. The lowest BCUT2D eigenvalue weighted by Gasteiger charge is -2.02. The average Bonchev–Trinajstić information content (AvgIpc) is 2.34. The van der Waals surface area contributed by atoms with Crippen LogP contribution >= 0.6 is 0 Å². The molecule has 56 valence electrons. The van der Waals surface area contributed by atoms with Crippen LogP contribution in [0.25, 0.3) is 0 Å². The van der Waals surface area contributed by atoms with Crippen molar-refractivity contribution < 1.29 is 4.42 Å². The van der Waals surface area contributed by atoms with Crippen molar-refractivity contribution in [1.29, 1.82) is 0 Å². The van der Waals surface area contributed by atoms with Crippen LogP contribution < -0.4 is 5.73 Å². The molecule has 0 amide bonds. The van der Waals surface area contributed by atoms with Gasteiger partial charge in [-0.2, -0.15) is 0 Å². The molecule has 1 aromatic rings. The smallest absolute Gasteiger partial charge is 0.120 e. The van der Waals surface area contributed by atoms with Crippen molar-refractivity contribution in [1.82, 2.24) is 0 Å². The van der Waals surface area contributed by atoms with Gasteiger partial charge in [-0.05, 0) is 25.5 Å². The molecule has 0 aromatic carbocycles. The van der Waals surface area contributed by atoms with Crippen molar-refractivity contribution in [3.05, 3.63) is 23.7 Å². The van der Waals surface area contributed by atoms with E-state index >= 15 is 0 Å². The monoisotopic (exact) mass is 139 g/mol. The minimum absolute atomic E-state index is 0.0636. The summed E-state index contributed by atoms with van der Waals surface area (Å²) in [7, 11) is 0. The van der Waals surface area contributed by atoms with E-state index < -0.39 is 0 Å². The molecular weight excluding hydrogens is 126 g/mol. The summed E-state index contributed by atoms with van der Waals surface area (Å²) in [5.41, 5.74) is 5.71. The second-order valence-corrected chi connectivity index (χ2v) is 2.46. The molecule has 0 unspecified atom stereocenters. The molecule has 1 aromatic heterocycles. The third kappa shape index (κ3) is 1.39. The van der Waals surface area contributed by atoms with Crippen molar-refractivity contribution in [3.63, 3.8) is 0 Å². The van der Waals surface area contributed by atoms with E-state index in [9.17, 15) is 0 Å². The minimum Gasteiger partial charge on any atom is -0.465 e. The van der Waals surface area contributed by atoms with E-state index in [-0.39, 0.29) is 6.04 Å². The molecule has 0 fully saturated rings. The van der Waals surface area contributed by atoms with Gasteiger partial charge in [-0.3, -0.25) is 0 Å². The Bertz CT molecular complexity index is 205. The quantitative estimate of drug-likeness (QED) is 0.680. The van der Waals surface area contributed by atoms with E-state index in [1.807, 2.05) is 26.0 Å². The standard InChI is InChI=1S/C8H13NO/c1-3-7(9)8-5-4-6(2)10-8/h4-5,7H,3,9H2,1-2H3/t7-/m0/s1. The van der Waals surface area contributed by atoms with Gasteiger partial charge in [0.05, 0.1) is 6.04 Å². The highest BCUT2D eigenvalue weighted by atomic mass is 16.3. The molecule has 0 aliphatic carbocycles. The maximum Gasteiger partial charge on any atom is 0.120 e. The van der Waals surface area contributed by atoms with Gasteiger partial charge >= 0.3 is 0 Å². The number of nitrogens with two attached hydrogens (primary N) is 1. The Morgan fingerprint density at radius 1 is 1.60 bits per heavy atom. The maximum atomic E-state index is 5.71. The predicted molar refractivity (Wildman–Crippen MR) is 40.7 cm³/mol. The largest absolute Gasteiger partial charge is 0.465 e. The van der Waals surface area contributed by atoms with Crippen molar-refractivity contribution in [2.24, 2.45) is 5.73 Å². The van der Waals surface area contributed by atoms with E-state index in [1.165, 1.54) is 0 Å². The SMILES string of the molecule is CC[C@H](N)c1ccc(C)o1. The Morgan fingerprint density at radius 2 is 2.30 bits per heavy atom. The predicted octanol–water partition coefficient (Wildman–Crippen LogP) is 2.00. The highest BCUT2D eigenvalue weighted by molar-refractivity contribution is 5.08. The van der Waals surface area contributed by atoms with Crippen LogP contribution in [0.1, 0.15) is 30.9 Å². The lowest BCUT2D eigenvalue weighted by molar-refractivity contribution is 0.441. The minimum atomic E-state index is 0.0636. The molecule has 1 heterocycles. The third-order valence-corrected chi connectivity index (χ3v) is 1.57.